The average Bonchev–Trinajstić information content (AvgIpc) is 3.20. The second-order valence-electron chi connectivity index (χ2n) is 6.93. The van der Waals surface area contributed by atoms with Crippen LogP contribution in [0.5, 0.6) is 11.5 Å². The van der Waals surface area contributed by atoms with Crippen molar-refractivity contribution in [2.45, 2.75) is 20.5 Å². The van der Waals surface area contributed by atoms with Gasteiger partial charge in [-0.25, -0.2) is 4.98 Å². The Morgan fingerprint density at radius 1 is 1.21 bits per heavy atom. The number of benzene rings is 2. The van der Waals surface area contributed by atoms with Gasteiger partial charge < -0.3 is 14.8 Å². The molecule has 0 unspecified atom stereocenters. The lowest BCUT2D eigenvalue weighted by atomic mass is 10.2. The van der Waals surface area contributed by atoms with Crippen molar-refractivity contribution in [2.24, 2.45) is 5.92 Å². The lowest BCUT2D eigenvalue weighted by Gasteiger charge is -2.12. The maximum absolute atomic E-state index is 12.2. The van der Waals surface area contributed by atoms with Gasteiger partial charge in [-0.15, -0.1) is 11.3 Å². The van der Waals surface area contributed by atoms with Crippen LogP contribution in [0.25, 0.3) is 10.6 Å². The van der Waals surface area contributed by atoms with Crippen molar-refractivity contribution in [3.05, 3.63) is 64.1 Å². The summed E-state index contributed by atoms with van der Waals surface area (Å²) in [5.74, 6) is 1.46. The Morgan fingerprint density at radius 2 is 2.03 bits per heavy atom. The second-order valence-corrected chi connectivity index (χ2v) is 8.22. The van der Waals surface area contributed by atoms with Gasteiger partial charge in [0.1, 0.15) is 17.3 Å². The molecular weight excluding hydrogens is 408 g/mol. The highest BCUT2D eigenvalue weighted by Crippen LogP contribution is 2.34. The summed E-state index contributed by atoms with van der Waals surface area (Å²) in [6.45, 7) is 5.11. The number of hydrogen-bond acceptors (Lipinski definition) is 5. The number of carbonyl (C=O) groups excluding carboxylic acids is 1. The minimum absolute atomic E-state index is 0.158. The number of hydrogen-bond donors (Lipinski definition) is 1. The summed E-state index contributed by atoms with van der Waals surface area (Å²) in [6, 6.07) is 13.1. The maximum atomic E-state index is 12.2. The molecule has 0 bridgehead atoms. The number of amides is 1. The summed E-state index contributed by atoms with van der Waals surface area (Å²) >= 11 is 7.44. The fourth-order valence-electron chi connectivity index (χ4n) is 2.61. The molecule has 3 rings (SSSR count). The molecule has 0 saturated carbocycles. The molecule has 7 heteroatoms. The summed E-state index contributed by atoms with van der Waals surface area (Å²) in [7, 11) is 1.60. The molecule has 0 aliphatic carbocycles. The predicted molar refractivity (Wildman–Crippen MR) is 117 cm³/mol. The molecule has 152 valence electrons. The Morgan fingerprint density at radius 3 is 2.76 bits per heavy atom. The molecule has 0 saturated heterocycles. The number of nitrogens with zero attached hydrogens (tertiary/aromatic N) is 1. The Bertz CT molecular complexity index is 988. The number of thiazole rings is 1. The molecule has 0 aliphatic heterocycles. The van der Waals surface area contributed by atoms with E-state index in [0.29, 0.717) is 41.3 Å². The van der Waals surface area contributed by atoms with Gasteiger partial charge in [-0.1, -0.05) is 37.6 Å². The molecule has 29 heavy (non-hydrogen) atoms. The van der Waals surface area contributed by atoms with E-state index in [1.54, 1.807) is 12.5 Å². The van der Waals surface area contributed by atoms with Crippen LogP contribution in [-0.2, 0) is 6.61 Å². The van der Waals surface area contributed by atoms with Crippen molar-refractivity contribution in [2.75, 3.05) is 13.7 Å². The van der Waals surface area contributed by atoms with Crippen LogP contribution in [0.15, 0.2) is 47.8 Å². The predicted octanol–water partition coefficient (Wildman–Crippen LogP) is 5.44. The minimum atomic E-state index is -0.158. The SMILES string of the molecule is COc1cc(-c2nc(C(=O)NCC(C)C)cs2)ccc1OCc1cccc(Cl)c1. The van der Waals surface area contributed by atoms with Crippen molar-refractivity contribution >= 4 is 28.8 Å². The summed E-state index contributed by atoms with van der Waals surface area (Å²) in [6.07, 6.45) is 0. The molecule has 0 atom stereocenters. The first kappa shape index (κ1) is 21.1. The Hall–Kier alpha value is -2.57. The number of ether oxygens (including phenoxy) is 2. The molecule has 1 N–H and O–H groups in total. The van der Waals surface area contributed by atoms with E-state index in [4.69, 9.17) is 21.1 Å². The molecule has 1 heterocycles. The fraction of sp³-hybridized carbons (Fsp3) is 0.273. The minimum Gasteiger partial charge on any atom is -0.493 e. The highest BCUT2D eigenvalue weighted by atomic mass is 35.5. The Kier molecular flexibility index (Phi) is 7.12. The van der Waals surface area contributed by atoms with Crippen molar-refractivity contribution < 1.29 is 14.3 Å². The van der Waals surface area contributed by atoms with E-state index >= 15 is 0 Å². The molecule has 0 radical (unpaired) electrons. The number of methoxy groups -OCH3 is 1. The van der Waals surface area contributed by atoms with E-state index < -0.39 is 0 Å². The first-order chi connectivity index (χ1) is 14.0. The standard InChI is InChI=1S/C22H23ClN2O3S/c1-14(2)11-24-21(26)18-13-29-22(25-18)16-7-8-19(20(10-16)27-3)28-12-15-5-4-6-17(23)9-15/h4-10,13-14H,11-12H2,1-3H3,(H,24,26). The zero-order valence-corrected chi connectivity index (χ0v) is 18.1. The molecule has 0 fully saturated rings. The summed E-state index contributed by atoms with van der Waals surface area (Å²) < 4.78 is 11.4. The normalized spacial score (nSPS) is 10.8. The van der Waals surface area contributed by atoms with Crippen LogP contribution in [-0.4, -0.2) is 24.5 Å². The van der Waals surface area contributed by atoms with Crippen LogP contribution in [0.4, 0.5) is 0 Å². The van der Waals surface area contributed by atoms with Crippen LogP contribution >= 0.6 is 22.9 Å². The summed E-state index contributed by atoms with van der Waals surface area (Å²) in [4.78, 5) is 16.7. The lowest BCUT2D eigenvalue weighted by Crippen LogP contribution is -2.27. The third-order valence-electron chi connectivity index (χ3n) is 4.10. The van der Waals surface area contributed by atoms with Crippen LogP contribution in [0.1, 0.15) is 29.9 Å². The van der Waals surface area contributed by atoms with E-state index in [2.05, 4.69) is 24.1 Å². The number of aromatic nitrogens is 1. The molecule has 1 amide bonds. The van der Waals surface area contributed by atoms with Crippen LogP contribution in [0, 0.1) is 5.92 Å². The van der Waals surface area contributed by atoms with Gasteiger partial charge in [0.25, 0.3) is 5.91 Å². The molecule has 0 spiro atoms. The number of carbonyl (C=O) groups is 1. The highest BCUT2D eigenvalue weighted by Gasteiger charge is 2.14. The molecule has 1 aromatic heterocycles. The van der Waals surface area contributed by atoms with Gasteiger partial charge in [-0.2, -0.15) is 0 Å². The number of rotatable bonds is 8. The Labute approximate surface area is 179 Å². The maximum Gasteiger partial charge on any atom is 0.270 e. The van der Waals surface area contributed by atoms with Gasteiger partial charge in [-0.3, -0.25) is 4.79 Å². The van der Waals surface area contributed by atoms with Crippen molar-refractivity contribution in [3.8, 4) is 22.1 Å². The van der Waals surface area contributed by atoms with E-state index in [9.17, 15) is 4.79 Å². The summed E-state index contributed by atoms with van der Waals surface area (Å²) in [5, 5.41) is 6.07. The van der Waals surface area contributed by atoms with Gasteiger partial charge >= 0.3 is 0 Å². The second kappa shape index (κ2) is 9.76. The topological polar surface area (TPSA) is 60.5 Å². The third kappa shape index (κ3) is 5.71. The zero-order chi connectivity index (χ0) is 20.8. The van der Waals surface area contributed by atoms with E-state index in [-0.39, 0.29) is 5.91 Å². The molecule has 0 aliphatic rings. The molecule has 2 aromatic carbocycles. The molecule has 5 nitrogen and oxygen atoms in total. The van der Waals surface area contributed by atoms with Crippen molar-refractivity contribution in [1.29, 1.82) is 0 Å². The van der Waals surface area contributed by atoms with Gasteiger partial charge in [0.05, 0.1) is 7.11 Å². The van der Waals surface area contributed by atoms with Gasteiger partial charge in [0, 0.05) is 22.5 Å². The van der Waals surface area contributed by atoms with Gasteiger partial charge in [0.2, 0.25) is 0 Å². The van der Waals surface area contributed by atoms with E-state index in [1.165, 1.54) is 11.3 Å². The largest absolute Gasteiger partial charge is 0.493 e. The van der Waals surface area contributed by atoms with Crippen molar-refractivity contribution in [3.63, 3.8) is 0 Å². The molecule has 3 aromatic rings. The highest BCUT2D eigenvalue weighted by molar-refractivity contribution is 7.13. The summed E-state index contributed by atoms with van der Waals surface area (Å²) in [5.41, 5.74) is 2.26. The average molecular weight is 431 g/mol. The monoisotopic (exact) mass is 430 g/mol. The zero-order valence-electron chi connectivity index (χ0n) is 16.6. The first-order valence-electron chi connectivity index (χ1n) is 9.25. The van der Waals surface area contributed by atoms with Gasteiger partial charge in [0.15, 0.2) is 11.5 Å². The lowest BCUT2D eigenvalue weighted by molar-refractivity contribution is 0.0945. The Balaban J connectivity index is 1.72. The van der Waals surface area contributed by atoms with E-state index in [0.717, 1.165) is 16.1 Å². The van der Waals surface area contributed by atoms with Crippen LogP contribution in [0.3, 0.4) is 0 Å². The first-order valence-corrected chi connectivity index (χ1v) is 10.5. The quantitative estimate of drug-likeness (QED) is 0.517. The third-order valence-corrected chi connectivity index (χ3v) is 5.23. The smallest absolute Gasteiger partial charge is 0.270 e. The van der Waals surface area contributed by atoms with Crippen LogP contribution < -0.4 is 14.8 Å². The van der Waals surface area contributed by atoms with Crippen LogP contribution in [0.2, 0.25) is 5.02 Å². The van der Waals surface area contributed by atoms with Crippen molar-refractivity contribution in [1.82, 2.24) is 10.3 Å². The van der Waals surface area contributed by atoms with Gasteiger partial charge in [-0.05, 0) is 41.8 Å². The molecular formula is C22H23ClN2O3S. The van der Waals surface area contributed by atoms with E-state index in [1.807, 2.05) is 42.5 Å². The number of halogens is 1. The fourth-order valence-corrected chi connectivity index (χ4v) is 3.62. The number of nitrogens with one attached hydrogen (secondary N) is 1.